The van der Waals surface area contributed by atoms with Crippen LogP contribution in [0.25, 0.3) is 0 Å². The monoisotopic (exact) mass is 371 g/mol. The summed E-state index contributed by atoms with van der Waals surface area (Å²) in [7, 11) is -3.48. The van der Waals surface area contributed by atoms with E-state index in [2.05, 4.69) is 32.9 Å². The van der Waals surface area contributed by atoms with Crippen LogP contribution < -0.4 is 4.31 Å². The number of hydrogen-bond donors (Lipinski definition) is 0. The van der Waals surface area contributed by atoms with Crippen molar-refractivity contribution in [1.82, 2.24) is 0 Å². The molecule has 0 aromatic heterocycles. The van der Waals surface area contributed by atoms with Gasteiger partial charge in [0.1, 0.15) is 0 Å². The van der Waals surface area contributed by atoms with Gasteiger partial charge in [0.15, 0.2) is 5.78 Å². The molecular weight excluding hydrogens is 346 g/mol. The first-order valence-electron chi connectivity index (χ1n) is 8.90. The van der Waals surface area contributed by atoms with Crippen LogP contribution in [0.4, 0.5) is 5.69 Å². The number of ketones is 1. The number of carbonyl (C=O) groups excluding carboxylic acids is 1. The first kappa shape index (κ1) is 18.6. The number of hydrogen-bond acceptors (Lipinski definition) is 3. The Morgan fingerprint density at radius 2 is 1.65 bits per heavy atom. The summed E-state index contributed by atoms with van der Waals surface area (Å²) in [5.41, 5.74) is 3.31. The maximum absolute atomic E-state index is 12.9. The lowest BCUT2D eigenvalue weighted by molar-refractivity contribution is 0.0982. The second kappa shape index (κ2) is 6.88. The van der Waals surface area contributed by atoms with Gasteiger partial charge in [-0.05, 0) is 35.1 Å². The molecule has 0 spiro atoms. The van der Waals surface area contributed by atoms with Gasteiger partial charge in [0.25, 0.3) is 0 Å². The van der Waals surface area contributed by atoms with Gasteiger partial charge in [-0.15, -0.1) is 0 Å². The van der Waals surface area contributed by atoms with E-state index in [0.717, 1.165) is 5.56 Å². The highest BCUT2D eigenvalue weighted by molar-refractivity contribution is 7.92. The quantitative estimate of drug-likeness (QED) is 0.818. The molecule has 5 heteroatoms. The molecule has 2 aromatic carbocycles. The van der Waals surface area contributed by atoms with Gasteiger partial charge < -0.3 is 0 Å². The van der Waals surface area contributed by atoms with Gasteiger partial charge in [-0.2, -0.15) is 0 Å². The lowest BCUT2D eigenvalue weighted by Crippen LogP contribution is -2.39. The summed E-state index contributed by atoms with van der Waals surface area (Å²) >= 11 is 0. The molecule has 0 fully saturated rings. The van der Waals surface area contributed by atoms with Gasteiger partial charge >= 0.3 is 0 Å². The third kappa shape index (κ3) is 3.83. The van der Waals surface area contributed by atoms with E-state index >= 15 is 0 Å². The minimum absolute atomic E-state index is 0.00446. The minimum atomic E-state index is -3.48. The van der Waals surface area contributed by atoms with Gasteiger partial charge in [-0.3, -0.25) is 9.10 Å². The molecule has 0 saturated carbocycles. The highest BCUT2D eigenvalue weighted by Crippen LogP contribution is 2.29. The van der Waals surface area contributed by atoms with E-state index in [4.69, 9.17) is 0 Å². The van der Waals surface area contributed by atoms with Crippen LogP contribution in [-0.2, 0) is 21.9 Å². The van der Waals surface area contributed by atoms with Crippen LogP contribution in [0.1, 0.15) is 48.7 Å². The summed E-state index contributed by atoms with van der Waals surface area (Å²) < 4.78 is 27.1. The second-order valence-corrected chi connectivity index (χ2v) is 9.79. The van der Waals surface area contributed by atoms with Crippen LogP contribution in [0.3, 0.4) is 0 Å². The van der Waals surface area contributed by atoms with Crippen LogP contribution in [0.5, 0.6) is 0 Å². The maximum Gasteiger partial charge on any atom is 0.235 e. The highest BCUT2D eigenvalue weighted by Gasteiger charge is 2.30. The van der Waals surface area contributed by atoms with E-state index in [0.29, 0.717) is 17.7 Å². The lowest BCUT2D eigenvalue weighted by Gasteiger charge is -2.29. The van der Waals surface area contributed by atoms with Crippen LogP contribution in [0.15, 0.2) is 48.5 Å². The van der Waals surface area contributed by atoms with Crippen LogP contribution in [0, 0.1) is 0 Å². The molecule has 0 radical (unpaired) electrons. The smallest absolute Gasteiger partial charge is 0.235 e. The number of fused-ring (bicyclic) bond motifs is 1. The van der Waals surface area contributed by atoms with E-state index in [9.17, 15) is 13.2 Å². The van der Waals surface area contributed by atoms with Gasteiger partial charge in [0, 0.05) is 18.5 Å². The number of anilines is 1. The Hall–Kier alpha value is -2.14. The fourth-order valence-electron chi connectivity index (χ4n) is 3.20. The van der Waals surface area contributed by atoms with Crippen molar-refractivity contribution in [2.24, 2.45) is 0 Å². The van der Waals surface area contributed by atoms with Crippen molar-refractivity contribution in [1.29, 1.82) is 0 Å². The maximum atomic E-state index is 12.9. The standard InChI is InChI=1S/C21H25NO3S/c1-21(2,3)17-10-8-16(9-11-17)13-15-26(24,25)22-14-12-20(23)18-6-4-5-7-19(18)22/h4-11H,12-15H2,1-3H3. The van der Waals surface area contributed by atoms with Crippen LogP contribution in [-0.4, -0.2) is 26.5 Å². The Bertz CT molecular complexity index is 909. The van der Waals surface area contributed by atoms with Crippen molar-refractivity contribution < 1.29 is 13.2 Å². The van der Waals surface area contributed by atoms with Gasteiger partial charge in [0.05, 0.1) is 11.4 Å². The van der Waals surface area contributed by atoms with Crippen LogP contribution in [0.2, 0.25) is 0 Å². The molecule has 1 aliphatic heterocycles. The number of rotatable bonds is 4. The molecule has 138 valence electrons. The Morgan fingerprint density at radius 3 is 2.31 bits per heavy atom. The fraction of sp³-hybridized carbons (Fsp3) is 0.381. The molecular formula is C21H25NO3S. The summed E-state index contributed by atoms with van der Waals surface area (Å²) in [6.07, 6.45) is 0.690. The van der Waals surface area contributed by atoms with Gasteiger partial charge in [0.2, 0.25) is 10.0 Å². The number of sulfonamides is 1. The Labute approximate surface area is 155 Å². The number of benzene rings is 2. The number of Topliss-reactive ketones (excluding diaryl/α,β-unsaturated/α-hetero) is 1. The first-order chi connectivity index (χ1) is 12.2. The van der Waals surface area contributed by atoms with E-state index < -0.39 is 10.0 Å². The molecule has 2 aromatic rings. The molecule has 1 aliphatic rings. The number of para-hydroxylation sites is 1. The van der Waals surface area contributed by atoms with E-state index in [1.54, 1.807) is 24.3 Å². The molecule has 0 atom stereocenters. The molecule has 0 saturated heterocycles. The minimum Gasteiger partial charge on any atom is -0.294 e. The first-order valence-corrected chi connectivity index (χ1v) is 10.5. The summed E-state index contributed by atoms with van der Waals surface area (Å²) in [6.45, 7) is 6.69. The van der Waals surface area contributed by atoms with E-state index in [1.807, 2.05) is 12.1 Å². The Kier molecular flexibility index (Phi) is 4.93. The molecule has 0 unspecified atom stereocenters. The normalized spacial score (nSPS) is 15.0. The highest BCUT2D eigenvalue weighted by atomic mass is 32.2. The summed E-state index contributed by atoms with van der Waals surface area (Å²) in [4.78, 5) is 12.0. The lowest BCUT2D eigenvalue weighted by atomic mass is 9.86. The van der Waals surface area contributed by atoms with Crippen molar-refractivity contribution in [3.05, 3.63) is 65.2 Å². The molecule has 3 rings (SSSR count). The SMILES string of the molecule is CC(C)(C)c1ccc(CCS(=O)(=O)N2CCC(=O)c3ccccc32)cc1. The van der Waals surface area contributed by atoms with Crippen molar-refractivity contribution in [2.45, 2.75) is 39.0 Å². The molecule has 1 heterocycles. The van der Waals surface area contributed by atoms with Crippen molar-refractivity contribution in [2.75, 3.05) is 16.6 Å². The number of nitrogens with zero attached hydrogens (tertiary/aromatic N) is 1. The molecule has 0 N–H and O–H groups in total. The molecule has 0 aliphatic carbocycles. The van der Waals surface area contributed by atoms with E-state index in [-0.39, 0.29) is 29.9 Å². The molecule has 0 amide bonds. The Morgan fingerprint density at radius 1 is 1.00 bits per heavy atom. The molecule has 4 nitrogen and oxygen atoms in total. The summed E-state index contributed by atoms with van der Waals surface area (Å²) in [5.74, 6) is 0.0366. The molecule has 26 heavy (non-hydrogen) atoms. The van der Waals surface area contributed by atoms with Crippen molar-refractivity contribution in [3.63, 3.8) is 0 Å². The predicted octanol–water partition coefficient (Wildman–Crippen LogP) is 3.95. The fourth-order valence-corrected chi connectivity index (χ4v) is 4.74. The zero-order valence-corrected chi connectivity index (χ0v) is 16.3. The zero-order valence-electron chi connectivity index (χ0n) is 15.5. The van der Waals surface area contributed by atoms with Crippen molar-refractivity contribution in [3.8, 4) is 0 Å². The predicted molar refractivity (Wildman–Crippen MR) is 105 cm³/mol. The number of carbonyl (C=O) groups is 1. The van der Waals surface area contributed by atoms with E-state index in [1.165, 1.54) is 9.87 Å². The third-order valence-corrected chi connectivity index (χ3v) is 6.59. The second-order valence-electron chi connectivity index (χ2n) is 7.78. The zero-order chi connectivity index (χ0) is 18.9. The topological polar surface area (TPSA) is 54.5 Å². The Balaban J connectivity index is 1.76. The number of aryl methyl sites for hydroxylation is 1. The average molecular weight is 372 g/mol. The third-order valence-electron chi connectivity index (χ3n) is 4.82. The summed E-state index contributed by atoms with van der Waals surface area (Å²) in [5, 5.41) is 0. The largest absolute Gasteiger partial charge is 0.294 e. The molecule has 0 bridgehead atoms. The van der Waals surface area contributed by atoms with Crippen molar-refractivity contribution >= 4 is 21.5 Å². The van der Waals surface area contributed by atoms with Gasteiger partial charge in [-0.1, -0.05) is 57.2 Å². The summed E-state index contributed by atoms with van der Waals surface area (Å²) in [6, 6.07) is 15.1. The van der Waals surface area contributed by atoms with Gasteiger partial charge in [-0.25, -0.2) is 8.42 Å². The average Bonchev–Trinajstić information content (AvgIpc) is 2.60. The van der Waals surface area contributed by atoms with Crippen LogP contribution >= 0.6 is 0 Å².